The second-order valence-electron chi connectivity index (χ2n) is 3.84. The Labute approximate surface area is 119 Å². The van der Waals surface area contributed by atoms with Crippen molar-refractivity contribution in [1.29, 1.82) is 0 Å². The molecular weight excluding hydrogens is 314 g/mol. The number of rotatable bonds is 6. The van der Waals surface area contributed by atoms with Gasteiger partial charge in [-0.15, -0.1) is 0 Å². The first-order valence-corrected chi connectivity index (χ1v) is 6.56. The number of carboxylic acids is 1. The highest BCUT2D eigenvalue weighted by atomic mass is 79.9. The Bertz CT molecular complexity index is 466. The van der Waals surface area contributed by atoms with Gasteiger partial charge in [0.2, 0.25) is 0 Å². The molecule has 0 aliphatic carbocycles. The lowest BCUT2D eigenvalue weighted by Crippen LogP contribution is -2.31. The van der Waals surface area contributed by atoms with E-state index >= 15 is 0 Å². The molecule has 0 fully saturated rings. The van der Waals surface area contributed by atoms with Crippen LogP contribution in [-0.2, 0) is 0 Å². The summed E-state index contributed by atoms with van der Waals surface area (Å²) in [5.41, 5.74) is 0.541. The number of benzene rings is 1. The lowest BCUT2D eigenvalue weighted by Gasteiger charge is -2.09. The van der Waals surface area contributed by atoms with Crippen LogP contribution in [0.25, 0.3) is 0 Å². The van der Waals surface area contributed by atoms with Crippen LogP contribution in [0, 0.1) is 0 Å². The van der Waals surface area contributed by atoms with E-state index in [4.69, 9.17) is 5.11 Å². The number of hydrogen-bond donors (Lipinski definition) is 4. The summed E-state index contributed by atoms with van der Waals surface area (Å²) in [6.07, 6.45) is 0.820. The number of hydrogen-bond acceptors (Lipinski definition) is 3. The third-order valence-electron chi connectivity index (χ3n) is 2.35. The number of amides is 2. The Morgan fingerprint density at radius 1 is 1.32 bits per heavy atom. The zero-order valence-corrected chi connectivity index (χ0v) is 12.1. The number of carbonyl (C=O) groups is 2. The molecule has 1 aromatic rings. The Morgan fingerprint density at radius 3 is 2.68 bits per heavy atom. The molecule has 6 nitrogen and oxygen atoms in total. The van der Waals surface area contributed by atoms with Crippen molar-refractivity contribution in [3.05, 3.63) is 28.2 Å². The van der Waals surface area contributed by atoms with E-state index in [1.807, 2.05) is 7.05 Å². The summed E-state index contributed by atoms with van der Waals surface area (Å²) >= 11 is 3.26. The minimum Gasteiger partial charge on any atom is -0.478 e. The molecule has 0 saturated carbocycles. The SMILES string of the molecule is CNCCCNC(=O)Nc1cc(C(=O)O)ccc1Br. The molecule has 0 heterocycles. The van der Waals surface area contributed by atoms with E-state index in [0.717, 1.165) is 13.0 Å². The number of aromatic carboxylic acids is 1. The van der Waals surface area contributed by atoms with Crippen molar-refractivity contribution in [3.8, 4) is 0 Å². The second-order valence-corrected chi connectivity index (χ2v) is 4.69. The smallest absolute Gasteiger partial charge is 0.335 e. The fourth-order valence-corrected chi connectivity index (χ4v) is 1.73. The molecule has 1 aromatic carbocycles. The van der Waals surface area contributed by atoms with Crippen LogP contribution in [0.15, 0.2) is 22.7 Å². The van der Waals surface area contributed by atoms with Gasteiger partial charge in [0, 0.05) is 11.0 Å². The first kappa shape index (κ1) is 15.5. The van der Waals surface area contributed by atoms with Crippen molar-refractivity contribution in [2.45, 2.75) is 6.42 Å². The quantitative estimate of drug-likeness (QED) is 0.600. The van der Waals surface area contributed by atoms with Crippen molar-refractivity contribution in [2.75, 3.05) is 25.5 Å². The lowest BCUT2D eigenvalue weighted by atomic mass is 10.2. The molecule has 0 radical (unpaired) electrons. The predicted molar refractivity (Wildman–Crippen MR) is 76.7 cm³/mol. The van der Waals surface area contributed by atoms with Gasteiger partial charge in [-0.05, 0) is 54.1 Å². The van der Waals surface area contributed by atoms with Crippen LogP contribution < -0.4 is 16.0 Å². The van der Waals surface area contributed by atoms with Gasteiger partial charge < -0.3 is 21.1 Å². The summed E-state index contributed by atoms with van der Waals surface area (Å²) in [6.45, 7) is 1.36. The van der Waals surface area contributed by atoms with Crippen LogP contribution in [0.5, 0.6) is 0 Å². The molecule has 7 heteroatoms. The van der Waals surface area contributed by atoms with Crippen LogP contribution >= 0.6 is 15.9 Å². The van der Waals surface area contributed by atoms with Crippen LogP contribution in [-0.4, -0.2) is 37.2 Å². The average molecular weight is 330 g/mol. The van der Waals surface area contributed by atoms with Crippen LogP contribution in [0.2, 0.25) is 0 Å². The molecule has 0 atom stereocenters. The summed E-state index contributed by atoms with van der Waals surface area (Å²) in [4.78, 5) is 22.4. The summed E-state index contributed by atoms with van der Waals surface area (Å²) < 4.78 is 0.628. The lowest BCUT2D eigenvalue weighted by molar-refractivity contribution is 0.0697. The fraction of sp³-hybridized carbons (Fsp3) is 0.333. The predicted octanol–water partition coefficient (Wildman–Crippen LogP) is 1.88. The van der Waals surface area contributed by atoms with Crippen molar-refractivity contribution < 1.29 is 14.7 Å². The number of carbonyl (C=O) groups excluding carboxylic acids is 1. The van der Waals surface area contributed by atoms with Crippen molar-refractivity contribution >= 4 is 33.6 Å². The third kappa shape index (κ3) is 5.27. The standard InChI is InChI=1S/C12H16BrN3O3/c1-14-5-2-6-15-12(19)16-10-7-8(11(17)18)3-4-9(10)13/h3-4,7,14H,2,5-6H2,1H3,(H,17,18)(H2,15,16,19). The van der Waals surface area contributed by atoms with Gasteiger partial charge in [0.25, 0.3) is 0 Å². The Hall–Kier alpha value is -1.60. The Morgan fingerprint density at radius 2 is 2.05 bits per heavy atom. The molecule has 0 unspecified atom stereocenters. The van der Waals surface area contributed by atoms with Gasteiger partial charge >= 0.3 is 12.0 Å². The van der Waals surface area contributed by atoms with Gasteiger partial charge in [-0.3, -0.25) is 0 Å². The minimum atomic E-state index is -1.04. The summed E-state index contributed by atoms with van der Waals surface area (Å²) in [7, 11) is 1.84. The molecular formula is C12H16BrN3O3. The van der Waals surface area contributed by atoms with Crippen molar-refractivity contribution in [2.24, 2.45) is 0 Å². The van der Waals surface area contributed by atoms with E-state index in [1.165, 1.54) is 12.1 Å². The largest absolute Gasteiger partial charge is 0.478 e. The molecule has 0 spiro atoms. The molecule has 4 N–H and O–H groups in total. The Kier molecular flexibility index (Phi) is 6.31. The van der Waals surface area contributed by atoms with Gasteiger partial charge in [0.1, 0.15) is 0 Å². The van der Waals surface area contributed by atoms with Gasteiger partial charge in [-0.1, -0.05) is 0 Å². The van der Waals surface area contributed by atoms with E-state index in [-0.39, 0.29) is 11.6 Å². The highest BCUT2D eigenvalue weighted by Gasteiger charge is 2.09. The molecule has 0 bridgehead atoms. The summed E-state index contributed by atoms with van der Waals surface area (Å²) in [5, 5.41) is 17.1. The number of anilines is 1. The maximum absolute atomic E-state index is 11.6. The third-order valence-corrected chi connectivity index (χ3v) is 3.04. The first-order valence-electron chi connectivity index (χ1n) is 5.77. The minimum absolute atomic E-state index is 0.119. The van der Waals surface area contributed by atoms with Gasteiger partial charge in [0.05, 0.1) is 11.3 Å². The number of halogens is 1. The zero-order chi connectivity index (χ0) is 14.3. The van der Waals surface area contributed by atoms with E-state index in [2.05, 4.69) is 31.9 Å². The van der Waals surface area contributed by atoms with Gasteiger partial charge in [-0.2, -0.15) is 0 Å². The maximum Gasteiger partial charge on any atom is 0.335 e. The molecule has 104 valence electrons. The number of urea groups is 1. The van der Waals surface area contributed by atoms with Gasteiger partial charge in [0.15, 0.2) is 0 Å². The number of carboxylic acid groups (broad SMARTS) is 1. The highest BCUT2D eigenvalue weighted by molar-refractivity contribution is 9.10. The van der Waals surface area contributed by atoms with Crippen LogP contribution in [0.4, 0.5) is 10.5 Å². The number of nitrogens with one attached hydrogen (secondary N) is 3. The maximum atomic E-state index is 11.6. The topological polar surface area (TPSA) is 90.5 Å². The first-order chi connectivity index (χ1) is 9.04. The zero-order valence-electron chi connectivity index (χ0n) is 10.5. The van der Waals surface area contributed by atoms with E-state index in [0.29, 0.717) is 16.7 Å². The van der Waals surface area contributed by atoms with Crippen molar-refractivity contribution in [3.63, 3.8) is 0 Å². The molecule has 0 saturated heterocycles. The highest BCUT2D eigenvalue weighted by Crippen LogP contribution is 2.23. The molecule has 0 aliphatic heterocycles. The van der Waals surface area contributed by atoms with E-state index in [9.17, 15) is 9.59 Å². The Balaban J connectivity index is 2.58. The average Bonchev–Trinajstić information content (AvgIpc) is 2.37. The molecule has 2 amide bonds. The van der Waals surface area contributed by atoms with E-state index in [1.54, 1.807) is 6.07 Å². The molecule has 0 aromatic heterocycles. The summed E-state index contributed by atoms with van der Waals surface area (Å²) in [6, 6.07) is 4.08. The second kappa shape index (κ2) is 7.75. The fourth-order valence-electron chi connectivity index (χ4n) is 1.39. The van der Waals surface area contributed by atoms with Crippen LogP contribution in [0.1, 0.15) is 16.8 Å². The molecule has 0 aliphatic rings. The van der Waals surface area contributed by atoms with Crippen LogP contribution in [0.3, 0.4) is 0 Å². The van der Waals surface area contributed by atoms with E-state index < -0.39 is 5.97 Å². The van der Waals surface area contributed by atoms with Crippen molar-refractivity contribution in [1.82, 2.24) is 10.6 Å². The van der Waals surface area contributed by atoms with Gasteiger partial charge in [-0.25, -0.2) is 9.59 Å². The molecule has 1 rings (SSSR count). The summed E-state index contributed by atoms with van der Waals surface area (Å²) in [5.74, 6) is -1.04. The monoisotopic (exact) mass is 329 g/mol. The molecule has 19 heavy (non-hydrogen) atoms. The normalized spacial score (nSPS) is 10.0.